The molecule has 200 valence electrons. The monoisotopic (exact) mass is 515 g/mol. The molecular formula is C31H37N3O4. The van der Waals surface area contributed by atoms with Crippen molar-refractivity contribution in [2.45, 2.75) is 49.8 Å². The van der Waals surface area contributed by atoms with Gasteiger partial charge in [0.05, 0.1) is 14.2 Å². The molecule has 0 bridgehead atoms. The van der Waals surface area contributed by atoms with Gasteiger partial charge in [0.1, 0.15) is 12.4 Å². The lowest BCUT2D eigenvalue weighted by molar-refractivity contribution is 0.156. The van der Waals surface area contributed by atoms with Crippen LogP contribution >= 0.6 is 0 Å². The van der Waals surface area contributed by atoms with Crippen molar-refractivity contribution in [3.05, 3.63) is 83.9 Å². The first-order chi connectivity index (χ1) is 18.5. The van der Waals surface area contributed by atoms with Crippen molar-refractivity contribution in [2.75, 3.05) is 33.1 Å². The Bertz CT molecular complexity index is 1230. The van der Waals surface area contributed by atoms with Crippen LogP contribution in [0.2, 0.25) is 0 Å². The Morgan fingerprint density at radius 3 is 2.47 bits per heavy atom. The third kappa shape index (κ3) is 5.43. The van der Waals surface area contributed by atoms with Crippen molar-refractivity contribution in [3.8, 4) is 17.2 Å². The summed E-state index contributed by atoms with van der Waals surface area (Å²) in [5, 5.41) is 6.20. The fourth-order valence-corrected chi connectivity index (χ4v) is 6.12. The molecule has 0 unspecified atom stereocenters. The smallest absolute Gasteiger partial charge is 0.319 e. The van der Waals surface area contributed by atoms with Crippen molar-refractivity contribution in [3.63, 3.8) is 0 Å². The molecule has 2 fully saturated rings. The number of fused-ring (bicyclic) bond motifs is 1. The zero-order valence-corrected chi connectivity index (χ0v) is 22.4. The fourth-order valence-electron chi connectivity index (χ4n) is 6.12. The number of benzene rings is 3. The van der Waals surface area contributed by atoms with Gasteiger partial charge >= 0.3 is 6.03 Å². The molecule has 2 aliphatic rings. The Labute approximate surface area is 225 Å². The number of carbonyl (C=O) groups excluding carboxylic acids is 1. The van der Waals surface area contributed by atoms with Crippen LogP contribution < -0.4 is 24.8 Å². The lowest BCUT2D eigenvalue weighted by Gasteiger charge is -2.45. The lowest BCUT2D eigenvalue weighted by atomic mass is 9.65. The SMILES string of the molecule is COc1ccc([C@@]23CC[C@H](NC(=O)Nc4ccc(OCc5ccccc5)cc4)C[C@H]2N(C)CC3)cc1OC. The number of likely N-dealkylation sites (N-methyl/N-ethyl adjacent to an activating group) is 1. The summed E-state index contributed by atoms with van der Waals surface area (Å²) in [4.78, 5) is 15.3. The van der Waals surface area contributed by atoms with Gasteiger partial charge in [0, 0.05) is 23.2 Å². The summed E-state index contributed by atoms with van der Waals surface area (Å²) >= 11 is 0. The molecule has 1 aliphatic carbocycles. The Hall–Kier alpha value is -3.71. The number of amides is 2. The number of methoxy groups -OCH3 is 2. The second kappa shape index (κ2) is 11.4. The highest BCUT2D eigenvalue weighted by atomic mass is 16.5. The maximum Gasteiger partial charge on any atom is 0.319 e. The van der Waals surface area contributed by atoms with Crippen LogP contribution in [-0.4, -0.2) is 50.8 Å². The summed E-state index contributed by atoms with van der Waals surface area (Å²) in [6.45, 7) is 1.55. The molecule has 3 atom stereocenters. The summed E-state index contributed by atoms with van der Waals surface area (Å²) < 4.78 is 16.9. The molecule has 7 nitrogen and oxygen atoms in total. The van der Waals surface area contributed by atoms with Crippen molar-refractivity contribution in [1.29, 1.82) is 0 Å². The zero-order chi connectivity index (χ0) is 26.5. The molecule has 2 amide bonds. The number of rotatable bonds is 8. The van der Waals surface area contributed by atoms with Crippen molar-refractivity contribution < 1.29 is 19.0 Å². The number of carbonyl (C=O) groups is 1. The minimum atomic E-state index is -0.174. The average Bonchev–Trinajstić information content (AvgIpc) is 3.29. The zero-order valence-electron chi connectivity index (χ0n) is 22.4. The molecule has 1 saturated carbocycles. The van der Waals surface area contributed by atoms with Crippen LogP contribution in [0, 0.1) is 0 Å². The number of hydrogen-bond acceptors (Lipinski definition) is 5. The number of urea groups is 1. The quantitative estimate of drug-likeness (QED) is 0.409. The summed E-state index contributed by atoms with van der Waals surface area (Å²) in [6, 6.07) is 24.2. The number of likely N-dealkylation sites (tertiary alicyclic amines) is 1. The average molecular weight is 516 g/mol. The number of nitrogens with one attached hydrogen (secondary N) is 2. The molecule has 7 heteroatoms. The third-order valence-electron chi connectivity index (χ3n) is 8.18. The van der Waals surface area contributed by atoms with Gasteiger partial charge in [0.25, 0.3) is 0 Å². The molecule has 3 aromatic carbocycles. The number of hydrogen-bond donors (Lipinski definition) is 2. The molecule has 5 rings (SSSR count). The van der Waals surface area contributed by atoms with Crippen LogP contribution in [0.4, 0.5) is 10.5 Å². The predicted octanol–water partition coefficient (Wildman–Crippen LogP) is 5.60. The largest absolute Gasteiger partial charge is 0.493 e. The first-order valence-corrected chi connectivity index (χ1v) is 13.3. The van der Waals surface area contributed by atoms with Crippen LogP contribution in [0.1, 0.15) is 36.8 Å². The summed E-state index contributed by atoms with van der Waals surface area (Å²) in [7, 11) is 5.54. The van der Waals surface area contributed by atoms with E-state index in [1.807, 2.05) is 60.7 Å². The van der Waals surface area contributed by atoms with Crippen LogP contribution in [0.15, 0.2) is 72.8 Å². The molecule has 1 saturated heterocycles. The van der Waals surface area contributed by atoms with Crippen LogP contribution in [-0.2, 0) is 12.0 Å². The summed E-state index contributed by atoms with van der Waals surface area (Å²) in [6.07, 6.45) is 3.94. The molecule has 1 heterocycles. The maximum atomic E-state index is 12.9. The Morgan fingerprint density at radius 2 is 1.74 bits per heavy atom. The first kappa shape index (κ1) is 25.9. The van der Waals surface area contributed by atoms with E-state index in [1.165, 1.54) is 5.56 Å². The van der Waals surface area contributed by atoms with Gasteiger partial charge in [-0.15, -0.1) is 0 Å². The van der Waals surface area contributed by atoms with E-state index in [0.29, 0.717) is 12.6 Å². The van der Waals surface area contributed by atoms with Gasteiger partial charge in [-0.25, -0.2) is 4.79 Å². The van der Waals surface area contributed by atoms with Gasteiger partial charge in [0.15, 0.2) is 11.5 Å². The summed E-state index contributed by atoms with van der Waals surface area (Å²) in [5.74, 6) is 2.28. The third-order valence-corrected chi connectivity index (χ3v) is 8.18. The second-order valence-corrected chi connectivity index (χ2v) is 10.3. The van der Waals surface area contributed by atoms with E-state index in [-0.39, 0.29) is 17.5 Å². The van der Waals surface area contributed by atoms with E-state index in [1.54, 1.807) is 14.2 Å². The van der Waals surface area contributed by atoms with Gasteiger partial charge in [-0.1, -0.05) is 36.4 Å². The molecule has 2 N–H and O–H groups in total. The van der Waals surface area contributed by atoms with Crippen molar-refractivity contribution in [1.82, 2.24) is 10.2 Å². The topological polar surface area (TPSA) is 72.1 Å². The Kier molecular flexibility index (Phi) is 7.74. The van der Waals surface area contributed by atoms with E-state index in [2.05, 4.69) is 34.7 Å². The number of nitrogens with zero attached hydrogens (tertiary/aromatic N) is 1. The molecule has 3 aromatic rings. The summed E-state index contributed by atoms with van der Waals surface area (Å²) in [5.41, 5.74) is 3.20. The normalized spacial score (nSPS) is 22.8. The molecule has 0 aromatic heterocycles. The fraction of sp³-hybridized carbons (Fsp3) is 0.387. The minimum absolute atomic E-state index is 0.0541. The van der Waals surface area contributed by atoms with E-state index in [4.69, 9.17) is 14.2 Å². The molecule has 0 radical (unpaired) electrons. The van der Waals surface area contributed by atoms with E-state index in [9.17, 15) is 4.79 Å². The maximum absolute atomic E-state index is 12.9. The molecule has 1 aliphatic heterocycles. The first-order valence-electron chi connectivity index (χ1n) is 13.3. The highest BCUT2D eigenvalue weighted by molar-refractivity contribution is 5.89. The van der Waals surface area contributed by atoms with Crippen molar-refractivity contribution >= 4 is 11.7 Å². The second-order valence-electron chi connectivity index (χ2n) is 10.3. The lowest BCUT2D eigenvalue weighted by Crippen LogP contribution is -2.52. The van der Waals surface area contributed by atoms with Crippen LogP contribution in [0.25, 0.3) is 0 Å². The molecular weight excluding hydrogens is 478 g/mol. The van der Waals surface area contributed by atoms with Gasteiger partial charge in [-0.3, -0.25) is 0 Å². The highest BCUT2D eigenvalue weighted by Crippen LogP contribution is 2.49. The minimum Gasteiger partial charge on any atom is -0.493 e. The number of anilines is 1. The van der Waals surface area contributed by atoms with Gasteiger partial charge < -0.3 is 29.7 Å². The van der Waals surface area contributed by atoms with Crippen LogP contribution in [0.3, 0.4) is 0 Å². The van der Waals surface area contributed by atoms with E-state index < -0.39 is 0 Å². The Balaban J connectivity index is 1.18. The number of ether oxygens (including phenoxy) is 3. The van der Waals surface area contributed by atoms with Gasteiger partial charge in [-0.05, 0) is 86.8 Å². The van der Waals surface area contributed by atoms with Crippen LogP contribution in [0.5, 0.6) is 17.2 Å². The van der Waals surface area contributed by atoms with Gasteiger partial charge in [-0.2, -0.15) is 0 Å². The van der Waals surface area contributed by atoms with Gasteiger partial charge in [0.2, 0.25) is 0 Å². The van der Waals surface area contributed by atoms with E-state index in [0.717, 1.165) is 60.7 Å². The highest BCUT2D eigenvalue weighted by Gasteiger charge is 2.50. The molecule has 38 heavy (non-hydrogen) atoms. The standard InChI is InChI=1S/C31H37N3O4/c1-34-18-17-31(23-9-14-27(36-2)28(19-23)37-3)16-15-25(20-29(31)34)33-30(35)32-24-10-12-26(13-11-24)38-21-22-7-5-4-6-8-22/h4-14,19,25,29H,15-18,20-21H2,1-3H3,(H2,32,33,35)/t25-,29+,31-/m0/s1. The Morgan fingerprint density at radius 1 is 0.974 bits per heavy atom. The molecule has 0 spiro atoms. The van der Waals surface area contributed by atoms with Crippen molar-refractivity contribution in [2.24, 2.45) is 0 Å². The van der Waals surface area contributed by atoms with E-state index >= 15 is 0 Å². The predicted molar refractivity (Wildman–Crippen MR) is 149 cm³/mol.